The summed E-state index contributed by atoms with van der Waals surface area (Å²) in [6.07, 6.45) is 0.896. The minimum Gasteiger partial charge on any atom is -0.337 e. The first-order chi connectivity index (χ1) is 8.38. The molecule has 1 aromatic carbocycles. The molecule has 0 radical (unpaired) electrons. The van der Waals surface area contributed by atoms with E-state index in [1.807, 2.05) is 29.2 Å². The Labute approximate surface area is 114 Å². The highest BCUT2D eigenvalue weighted by atomic mass is 35.5. The van der Waals surface area contributed by atoms with Crippen LogP contribution in [0.3, 0.4) is 0 Å². The van der Waals surface area contributed by atoms with Crippen molar-refractivity contribution >= 4 is 17.5 Å². The molecule has 0 spiro atoms. The molecule has 1 aliphatic rings. The number of halogens is 1. The van der Waals surface area contributed by atoms with E-state index in [-0.39, 0.29) is 16.7 Å². The molecule has 3 heteroatoms. The molecule has 2 rings (SSSR count). The Balaban J connectivity index is 2.12. The SMILES string of the molecule is CC(C)(C)c1ccc(C(=O)N2CCC(Cl)C2)cc1. The van der Waals surface area contributed by atoms with Gasteiger partial charge in [0, 0.05) is 18.7 Å². The number of amides is 1. The molecule has 18 heavy (non-hydrogen) atoms. The molecular weight excluding hydrogens is 246 g/mol. The molecule has 0 aromatic heterocycles. The first kappa shape index (κ1) is 13.4. The van der Waals surface area contributed by atoms with Crippen LogP contribution < -0.4 is 0 Å². The van der Waals surface area contributed by atoms with Crippen LogP contribution in [0.5, 0.6) is 0 Å². The molecule has 1 fully saturated rings. The fraction of sp³-hybridized carbons (Fsp3) is 0.533. The van der Waals surface area contributed by atoms with Crippen molar-refractivity contribution in [3.05, 3.63) is 35.4 Å². The molecule has 0 N–H and O–H groups in total. The summed E-state index contributed by atoms with van der Waals surface area (Å²) in [4.78, 5) is 14.1. The fourth-order valence-electron chi connectivity index (χ4n) is 2.20. The van der Waals surface area contributed by atoms with Crippen LogP contribution in [0.2, 0.25) is 0 Å². The molecule has 1 atom stereocenters. The highest BCUT2D eigenvalue weighted by molar-refractivity contribution is 6.21. The van der Waals surface area contributed by atoms with Gasteiger partial charge in [-0.1, -0.05) is 32.9 Å². The third kappa shape index (κ3) is 2.86. The van der Waals surface area contributed by atoms with E-state index < -0.39 is 0 Å². The van der Waals surface area contributed by atoms with Gasteiger partial charge in [-0.15, -0.1) is 11.6 Å². The highest BCUT2D eigenvalue weighted by Gasteiger charge is 2.25. The summed E-state index contributed by atoms with van der Waals surface area (Å²) in [6, 6.07) is 7.93. The van der Waals surface area contributed by atoms with Crippen molar-refractivity contribution in [3.63, 3.8) is 0 Å². The lowest BCUT2D eigenvalue weighted by atomic mass is 9.86. The molecule has 0 bridgehead atoms. The summed E-state index contributed by atoms with van der Waals surface area (Å²) < 4.78 is 0. The van der Waals surface area contributed by atoms with Gasteiger partial charge in [0.1, 0.15) is 0 Å². The first-order valence-electron chi connectivity index (χ1n) is 6.42. The average molecular weight is 266 g/mol. The monoisotopic (exact) mass is 265 g/mol. The lowest BCUT2D eigenvalue weighted by molar-refractivity contribution is 0.0793. The lowest BCUT2D eigenvalue weighted by Crippen LogP contribution is -2.28. The summed E-state index contributed by atoms with van der Waals surface area (Å²) in [6.45, 7) is 7.95. The van der Waals surface area contributed by atoms with E-state index in [2.05, 4.69) is 20.8 Å². The summed E-state index contributed by atoms with van der Waals surface area (Å²) in [5.74, 6) is 0.0959. The second kappa shape index (κ2) is 4.93. The zero-order valence-corrected chi connectivity index (χ0v) is 12.0. The molecule has 98 valence electrons. The molecule has 1 heterocycles. The smallest absolute Gasteiger partial charge is 0.253 e. The van der Waals surface area contributed by atoms with Crippen molar-refractivity contribution in [2.45, 2.75) is 38.0 Å². The normalized spacial score (nSPS) is 20.2. The van der Waals surface area contributed by atoms with Crippen LogP contribution in [0.4, 0.5) is 0 Å². The largest absolute Gasteiger partial charge is 0.337 e. The van der Waals surface area contributed by atoms with Crippen LogP contribution in [0.25, 0.3) is 0 Å². The van der Waals surface area contributed by atoms with Gasteiger partial charge >= 0.3 is 0 Å². The summed E-state index contributed by atoms with van der Waals surface area (Å²) in [5.41, 5.74) is 2.13. The van der Waals surface area contributed by atoms with Gasteiger partial charge in [-0.25, -0.2) is 0 Å². The molecule has 1 aliphatic heterocycles. The Morgan fingerprint density at radius 2 is 1.89 bits per heavy atom. The van der Waals surface area contributed by atoms with Crippen molar-refractivity contribution in [3.8, 4) is 0 Å². The quantitative estimate of drug-likeness (QED) is 0.713. The van der Waals surface area contributed by atoms with Crippen LogP contribution in [-0.2, 0) is 5.41 Å². The van der Waals surface area contributed by atoms with Gasteiger partial charge < -0.3 is 4.90 Å². The topological polar surface area (TPSA) is 20.3 Å². The Morgan fingerprint density at radius 3 is 2.33 bits per heavy atom. The zero-order chi connectivity index (χ0) is 13.3. The number of carbonyl (C=O) groups is 1. The Hall–Kier alpha value is -1.02. The molecule has 0 saturated carbocycles. The van der Waals surface area contributed by atoms with Gasteiger partial charge in [-0.3, -0.25) is 4.79 Å². The minimum absolute atomic E-state index is 0.0959. The number of hydrogen-bond acceptors (Lipinski definition) is 1. The van der Waals surface area contributed by atoms with Crippen LogP contribution in [-0.4, -0.2) is 29.3 Å². The molecule has 1 saturated heterocycles. The van der Waals surface area contributed by atoms with E-state index in [9.17, 15) is 4.79 Å². The van der Waals surface area contributed by atoms with Crippen LogP contribution >= 0.6 is 11.6 Å². The Bertz CT molecular complexity index is 433. The molecular formula is C15H20ClNO. The maximum absolute atomic E-state index is 12.2. The van der Waals surface area contributed by atoms with Gasteiger partial charge in [0.2, 0.25) is 0 Å². The molecule has 2 nitrogen and oxygen atoms in total. The van der Waals surface area contributed by atoms with Crippen molar-refractivity contribution < 1.29 is 4.79 Å². The number of hydrogen-bond donors (Lipinski definition) is 0. The van der Waals surface area contributed by atoms with Crippen molar-refractivity contribution in [2.75, 3.05) is 13.1 Å². The van der Waals surface area contributed by atoms with Crippen molar-refractivity contribution in [1.29, 1.82) is 0 Å². The van der Waals surface area contributed by atoms with Gasteiger partial charge in [0.25, 0.3) is 5.91 Å². The lowest BCUT2D eigenvalue weighted by Gasteiger charge is -2.20. The second-order valence-electron chi connectivity index (χ2n) is 5.96. The number of alkyl halides is 1. The van der Waals surface area contributed by atoms with Gasteiger partial charge in [0.15, 0.2) is 0 Å². The zero-order valence-electron chi connectivity index (χ0n) is 11.2. The summed E-state index contributed by atoms with van der Waals surface area (Å²) in [5, 5.41) is 0.114. The predicted octanol–water partition coefficient (Wildman–Crippen LogP) is 3.44. The second-order valence-corrected chi connectivity index (χ2v) is 6.58. The van der Waals surface area contributed by atoms with Gasteiger partial charge in [-0.05, 0) is 29.5 Å². The number of nitrogens with zero attached hydrogens (tertiary/aromatic N) is 1. The number of rotatable bonds is 1. The summed E-state index contributed by atoms with van der Waals surface area (Å²) >= 11 is 6.03. The maximum atomic E-state index is 12.2. The van der Waals surface area contributed by atoms with E-state index in [1.165, 1.54) is 5.56 Å². The van der Waals surface area contributed by atoms with E-state index in [4.69, 9.17) is 11.6 Å². The Kier molecular flexibility index (Phi) is 3.67. The first-order valence-corrected chi connectivity index (χ1v) is 6.85. The fourth-order valence-corrected chi connectivity index (χ4v) is 2.46. The van der Waals surface area contributed by atoms with E-state index in [0.717, 1.165) is 18.5 Å². The van der Waals surface area contributed by atoms with E-state index in [1.54, 1.807) is 0 Å². The average Bonchev–Trinajstić information content (AvgIpc) is 2.74. The van der Waals surface area contributed by atoms with Gasteiger partial charge in [0.05, 0.1) is 5.38 Å². The number of benzene rings is 1. The van der Waals surface area contributed by atoms with Crippen LogP contribution in [0.1, 0.15) is 43.1 Å². The molecule has 1 unspecified atom stereocenters. The number of likely N-dealkylation sites (tertiary alicyclic amines) is 1. The van der Waals surface area contributed by atoms with Gasteiger partial charge in [-0.2, -0.15) is 0 Å². The van der Waals surface area contributed by atoms with Crippen LogP contribution in [0, 0.1) is 0 Å². The van der Waals surface area contributed by atoms with Crippen LogP contribution in [0.15, 0.2) is 24.3 Å². The molecule has 1 aromatic rings. The van der Waals surface area contributed by atoms with Crippen molar-refractivity contribution in [1.82, 2.24) is 4.90 Å². The third-order valence-electron chi connectivity index (χ3n) is 3.42. The predicted molar refractivity (Wildman–Crippen MR) is 75.3 cm³/mol. The standard InChI is InChI=1S/C15H20ClNO/c1-15(2,3)12-6-4-11(5-7-12)14(18)17-9-8-13(16)10-17/h4-7,13H,8-10H2,1-3H3. The third-order valence-corrected chi connectivity index (χ3v) is 3.77. The highest BCUT2D eigenvalue weighted by Crippen LogP contribution is 2.23. The Morgan fingerprint density at radius 1 is 1.28 bits per heavy atom. The minimum atomic E-state index is 0.0959. The van der Waals surface area contributed by atoms with Crippen molar-refractivity contribution in [2.24, 2.45) is 0 Å². The van der Waals surface area contributed by atoms with E-state index >= 15 is 0 Å². The van der Waals surface area contributed by atoms with E-state index in [0.29, 0.717) is 6.54 Å². The maximum Gasteiger partial charge on any atom is 0.253 e. The molecule has 1 amide bonds. The number of carbonyl (C=O) groups excluding carboxylic acids is 1. The molecule has 0 aliphatic carbocycles. The summed E-state index contributed by atoms with van der Waals surface area (Å²) in [7, 11) is 0.